The molecule has 2 N–H and O–H groups in total. The lowest BCUT2D eigenvalue weighted by molar-refractivity contribution is -0.130. The number of aromatic nitrogens is 2. The van der Waals surface area contributed by atoms with Crippen molar-refractivity contribution in [2.75, 3.05) is 32.0 Å². The van der Waals surface area contributed by atoms with E-state index in [-0.39, 0.29) is 18.4 Å². The molecule has 1 saturated carbocycles. The second-order valence-corrected chi connectivity index (χ2v) is 8.92. The molecule has 1 atom stereocenters. The van der Waals surface area contributed by atoms with Crippen LogP contribution in [0.1, 0.15) is 61.7 Å². The van der Waals surface area contributed by atoms with Gasteiger partial charge in [0, 0.05) is 38.1 Å². The van der Waals surface area contributed by atoms with Gasteiger partial charge in [-0.1, -0.05) is 29.6 Å². The topological polar surface area (TPSA) is 114 Å². The number of anilines is 1. The Morgan fingerprint density at radius 2 is 2.00 bits per heavy atom. The minimum atomic E-state index is -0.636. The third kappa shape index (κ3) is 4.98. The summed E-state index contributed by atoms with van der Waals surface area (Å²) in [6.45, 7) is 3.10. The first kappa shape index (κ1) is 21.5. The summed E-state index contributed by atoms with van der Waals surface area (Å²) < 4.78 is 10.6. The summed E-state index contributed by atoms with van der Waals surface area (Å²) in [6.07, 6.45) is 7.21. The Hall–Kier alpha value is -2.68. The lowest BCUT2D eigenvalue weighted by Crippen LogP contribution is -2.44. The molecular formula is C22H31N5O4. The van der Waals surface area contributed by atoms with Crippen LogP contribution in [0.25, 0.3) is 0 Å². The van der Waals surface area contributed by atoms with E-state index in [1.165, 1.54) is 19.3 Å². The second-order valence-electron chi connectivity index (χ2n) is 8.92. The van der Waals surface area contributed by atoms with Crippen molar-refractivity contribution in [2.45, 2.75) is 57.8 Å². The zero-order valence-corrected chi connectivity index (χ0v) is 18.3. The van der Waals surface area contributed by atoms with E-state index in [0.29, 0.717) is 43.4 Å². The molecule has 0 unspecified atom stereocenters. The first-order valence-corrected chi connectivity index (χ1v) is 11.1. The Morgan fingerprint density at radius 1 is 1.19 bits per heavy atom. The van der Waals surface area contributed by atoms with Gasteiger partial charge >= 0.3 is 0 Å². The van der Waals surface area contributed by atoms with Crippen molar-refractivity contribution in [3.63, 3.8) is 0 Å². The number of hydrogen-bond acceptors (Lipinski definition) is 7. The number of hydrogen-bond donors (Lipinski definition) is 2. The summed E-state index contributed by atoms with van der Waals surface area (Å²) in [7, 11) is 1.65. The van der Waals surface area contributed by atoms with Crippen LogP contribution in [0.4, 0.5) is 5.82 Å². The summed E-state index contributed by atoms with van der Waals surface area (Å²) in [6, 6.07) is 3.70. The van der Waals surface area contributed by atoms with Crippen LogP contribution in [0.2, 0.25) is 0 Å². The average molecular weight is 430 g/mol. The first-order chi connectivity index (χ1) is 15.0. The zero-order valence-electron chi connectivity index (χ0n) is 18.3. The van der Waals surface area contributed by atoms with Gasteiger partial charge in [-0.25, -0.2) is 0 Å². The van der Waals surface area contributed by atoms with Gasteiger partial charge in [0.05, 0.1) is 17.7 Å². The largest absolute Gasteiger partial charge is 0.361 e. The number of amides is 2. The third-order valence-corrected chi connectivity index (χ3v) is 6.52. The van der Waals surface area contributed by atoms with Gasteiger partial charge in [0.25, 0.3) is 0 Å². The molecule has 0 spiro atoms. The molecule has 1 aliphatic carbocycles. The fraction of sp³-hybridized carbons (Fsp3) is 0.636. The summed E-state index contributed by atoms with van der Waals surface area (Å²) in [5.74, 6) is 2.03. The van der Waals surface area contributed by atoms with Crippen molar-refractivity contribution in [2.24, 2.45) is 5.41 Å². The Morgan fingerprint density at radius 3 is 2.71 bits per heavy atom. The number of rotatable bonds is 7. The SMILES string of the molecule is CNC(=O)[C@]1(Cc2cc(C3CCCCC3)no2)CCN(CC(=O)Nc2cc(C)on2)C1. The van der Waals surface area contributed by atoms with Gasteiger partial charge in [-0.2, -0.15) is 0 Å². The minimum Gasteiger partial charge on any atom is -0.361 e. The molecule has 2 amide bonds. The molecule has 31 heavy (non-hydrogen) atoms. The molecular weight excluding hydrogens is 398 g/mol. The Balaban J connectivity index is 1.39. The number of carbonyl (C=O) groups is 2. The number of likely N-dealkylation sites (tertiary alicyclic amines) is 1. The van der Waals surface area contributed by atoms with Crippen LogP contribution >= 0.6 is 0 Å². The van der Waals surface area contributed by atoms with Crippen molar-refractivity contribution in [1.82, 2.24) is 20.5 Å². The second kappa shape index (κ2) is 9.21. The van der Waals surface area contributed by atoms with Crippen molar-refractivity contribution in [3.05, 3.63) is 29.3 Å². The third-order valence-electron chi connectivity index (χ3n) is 6.52. The van der Waals surface area contributed by atoms with Crippen molar-refractivity contribution in [1.29, 1.82) is 0 Å². The molecule has 9 nitrogen and oxygen atoms in total. The van der Waals surface area contributed by atoms with Crippen LogP contribution < -0.4 is 10.6 Å². The van der Waals surface area contributed by atoms with Gasteiger partial charge in [0.1, 0.15) is 11.5 Å². The molecule has 2 fully saturated rings. The molecule has 0 radical (unpaired) electrons. The predicted octanol–water partition coefficient (Wildman–Crippen LogP) is 2.64. The zero-order chi connectivity index (χ0) is 21.8. The van der Waals surface area contributed by atoms with Crippen LogP contribution in [0.5, 0.6) is 0 Å². The number of nitrogens with one attached hydrogen (secondary N) is 2. The van der Waals surface area contributed by atoms with Crippen molar-refractivity contribution >= 4 is 17.6 Å². The van der Waals surface area contributed by atoms with E-state index in [9.17, 15) is 9.59 Å². The van der Waals surface area contributed by atoms with E-state index in [4.69, 9.17) is 9.05 Å². The molecule has 1 saturated heterocycles. The molecule has 0 bridgehead atoms. The van der Waals surface area contributed by atoms with Gasteiger partial charge < -0.3 is 19.7 Å². The summed E-state index contributed by atoms with van der Waals surface area (Å²) in [4.78, 5) is 27.2. The maximum atomic E-state index is 12.9. The molecule has 1 aliphatic heterocycles. The fourth-order valence-electron chi connectivity index (χ4n) is 4.92. The molecule has 3 heterocycles. The molecule has 9 heteroatoms. The molecule has 2 aliphatic rings. The first-order valence-electron chi connectivity index (χ1n) is 11.1. The van der Waals surface area contributed by atoms with Crippen molar-refractivity contribution < 1.29 is 18.6 Å². The van der Waals surface area contributed by atoms with Crippen LogP contribution in [0.3, 0.4) is 0 Å². The van der Waals surface area contributed by atoms with E-state index in [0.717, 1.165) is 24.3 Å². The van der Waals surface area contributed by atoms with E-state index in [1.807, 2.05) is 11.0 Å². The monoisotopic (exact) mass is 429 g/mol. The average Bonchev–Trinajstić information content (AvgIpc) is 3.50. The van der Waals surface area contributed by atoms with Gasteiger partial charge in [-0.3, -0.25) is 14.5 Å². The maximum absolute atomic E-state index is 12.9. The molecule has 2 aromatic heterocycles. The van der Waals surface area contributed by atoms with E-state index >= 15 is 0 Å². The molecule has 168 valence electrons. The van der Waals surface area contributed by atoms with E-state index < -0.39 is 5.41 Å². The van der Waals surface area contributed by atoms with Gasteiger partial charge in [-0.15, -0.1) is 0 Å². The Kier molecular flexibility index (Phi) is 6.41. The van der Waals surface area contributed by atoms with Gasteiger partial charge in [0.15, 0.2) is 5.82 Å². The molecule has 4 rings (SSSR count). The van der Waals surface area contributed by atoms with Crippen LogP contribution in [-0.4, -0.2) is 53.7 Å². The minimum absolute atomic E-state index is 0.0295. The number of aryl methyl sites for hydroxylation is 1. The van der Waals surface area contributed by atoms with Gasteiger partial charge in [0.2, 0.25) is 11.8 Å². The summed E-state index contributed by atoms with van der Waals surface area (Å²) in [5.41, 5.74) is 0.377. The van der Waals surface area contributed by atoms with Gasteiger partial charge in [-0.05, 0) is 32.7 Å². The predicted molar refractivity (Wildman–Crippen MR) is 113 cm³/mol. The lowest BCUT2D eigenvalue weighted by atomic mass is 9.81. The van der Waals surface area contributed by atoms with E-state index in [2.05, 4.69) is 20.9 Å². The number of carbonyl (C=O) groups excluding carboxylic acids is 2. The van der Waals surface area contributed by atoms with Crippen LogP contribution in [0, 0.1) is 12.3 Å². The smallest absolute Gasteiger partial charge is 0.239 e. The number of nitrogens with zero attached hydrogens (tertiary/aromatic N) is 3. The standard InChI is InChI=1S/C22H31N5O4/c1-15-10-19(26-30-15)24-20(28)13-27-9-8-22(14-27,21(29)23-2)12-17-11-18(25-31-17)16-6-4-3-5-7-16/h10-11,16H,3-9,12-14H2,1-2H3,(H,23,29)(H,24,26,28)/t22-/m0/s1. The maximum Gasteiger partial charge on any atom is 0.239 e. The van der Waals surface area contributed by atoms with Crippen molar-refractivity contribution in [3.8, 4) is 0 Å². The lowest BCUT2D eigenvalue weighted by Gasteiger charge is -2.26. The molecule has 0 aromatic carbocycles. The van der Waals surface area contributed by atoms with E-state index in [1.54, 1.807) is 20.0 Å². The normalized spacial score (nSPS) is 22.5. The summed E-state index contributed by atoms with van der Waals surface area (Å²) >= 11 is 0. The Bertz CT molecular complexity index is 917. The van der Waals surface area contributed by atoms with Crippen LogP contribution in [-0.2, 0) is 16.0 Å². The highest BCUT2D eigenvalue weighted by Crippen LogP contribution is 2.37. The highest BCUT2D eigenvalue weighted by molar-refractivity contribution is 5.91. The quantitative estimate of drug-likeness (QED) is 0.695. The Labute approximate surface area is 181 Å². The van der Waals surface area contributed by atoms with Crippen LogP contribution in [0.15, 0.2) is 21.2 Å². The fourth-order valence-corrected chi connectivity index (χ4v) is 4.92. The highest BCUT2D eigenvalue weighted by atomic mass is 16.5. The molecule has 2 aromatic rings. The summed E-state index contributed by atoms with van der Waals surface area (Å²) in [5, 5.41) is 13.6. The highest BCUT2D eigenvalue weighted by Gasteiger charge is 2.45.